The van der Waals surface area contributed by atoms with E-state index < -0.39 is 4.92 Å². The molecule has 8 heteroatoms. The fourth-order valence-corrected chi connectivity index (χ4v) is 3.30. The van der Waals surface area contributed by atoms with E-state index in [0.29, 0.717) is 22.5 Å². The molecule has 0 aliphatic carbocycles. The molecule has 7 nitrogen and oxygen atoms in total. The number of hydrogen-bond acceptors (Lipinski definition) is 6. The van der Waals surface area contributed by atoms with Crippen molar-refractivity contribution < 1.29 is 14.5 Å². The summed E-state index contributed by atoms with van der Waals surface area (Å²) in [5, 5.41) is 29.3. The predicted molar refractivity (Wildman–Crippen MR) is 112 cm³/mol. The second kappa shape index (κ2) is 9.17. The number of rotatable bonds is 6. The molecule has 0 unspecified atom stereocenters. The Morgan fingerprint density at radius 1 is 1.10 bits per heavy atom. The minimum atomic E-state index is -0.533. The first-order chi connectivity index (χ1) is 14.4. The Kier molecular flexibility index (Phi) is 6.41. The van der Waals surface area contributed by atoms with Crippen molar-refractivity contribution in [3.8, 4) is 12.1 Å². The van der Waals surface area contributed by atoms with E-state index in [0.717, 1.165) is 10.0 Å². The second-order valence-electron chi connectivity index (χ2n) is 6.44. The molecular formula is C22H14BrN3O4. The molecule has 1 heterocycles. The number of carbonyl (C=O) groups excluding carboxylic acids is 1. The van der Waals surface area contributed by atoms with Crippen LogP contribution in [-0.2, 0) is 4.74 Å². The molecule has 0 N–H and O–H groups in total. The standard InChI is InChI=1S/C22H14BrN3O4/c23-17-5-1-14(2-6-17)19-11-16(13-25)21(9-10-24)30-22(19)12-20(27)15-3-7-18(8-4-15)26(28)29/h1-8H,9,11-12H2. The number of hydrogen-bond donors (Lipinski definition) is 0. The van der Waals surface area contributed by atoms with Crippen LogP contribution in [0.3, 0.4) is 0 Å². The fraction of sp³-hybridized carbons (Fsp3) is 0.136. The summed E-state index contributed by atoms with van der Waals surface area (Å²) < 4.78 is 6.74. The van der Waals surface area contributed by atoms with E-state index in [-0.39, 0.29) is 36.5 Å². The molecule has 0 saturated carbocycles. The molecule has 0 saturated heterocycles. The summed E-state index contributed by atoms with van der Waals surface area (Å²) in [7, 11) is 0. The Labute approximate surface area is 180 Å². The predicted octanol–water partition coefficient (Wildman–Crippen LogP) is 5.45. The SMILES string of the molecule is N#CCC1=C(C#N)CC(c2ccc(Br)cc2)=C(CC(=O)c2ccc([N+](=O)[O-])cc2)O1. The van der Waals surface area contributed by atoms with Crippen LogP contribution in [0.1, 0.15) is 35.2 Å². The highest BCUT2D eigenvalue weighted by Crippen LogP contribution is 2.37. The third-order valence-electron chi connectivity index (χ3n) is 4.56. The van der Waals surface area contributed by atoms with E-state index in [1.165, 1.54) is 24.3 Å². The van der Waals surface area contributed by atoms with Gasteiger partial charge in [-0.15, -0.1) is 0 Å². The molecule has 2 aromatic carbocycles. The third-order valence-corrected chi connectivity index (χ3v) is 5.09. The number of carbonyl (C=O) groups is 1. The van der Waals surface area contributed by atoms with Crippen LogP contribution in [0.15, 0.2) is 70.1 Å². The van der Waals surface area contributed by atoms with E-state index in [1.54, 1.807) is 0 Å². The fourth-order valence-electron chi connectivity index (χ4n) is 3.04. The van der Waals surface area contributed by atoms with Gasteiger partial charge in [-0.3, -0.25) is 14.9 Å². The van der Waals surface area contributed by atoms with E-state index in [2.05, 4.69) is 22.0 Å². The van der Waals surface area contributed by atoms with Crippen LogP contribution in [0.25, 0.3) is 5.57 Å². The van der Waals surface area contributed by atoms with Crippen molar-refractivity contribution in [3.05, 3.63) is 91.3 Å². The summed E-state index contributed by atoms with van der Waals surface area (Å²) in [6.45, 7) is 0. The molecule has 0 bridgehead atoms. The summed E-state index contributed by atoms with van der Waals surface area (Å²) in [5.74, 6) is 0.323. The number of ketones is 1. The highest BCUT2D eigenvalue weighted by molar-refractivity contribution is 9.10. The van der Waals surface area contributed by atoms with Gasteiger partial charge in [-0.05, 0) is 29.8 Å². The number of allylic oxidation sites excluding steroid dienone is 4. The normalized spacial score (nSPS) is 13.3. The van der Waals surface area contributed by atoms with Gasteiger partial charge in [-0.1, -0.05) is 28.1 Å². The van der Waals surface area contributed by atoms with Crippen molar-refractivity contribution in [1.29, 1.82) is 10.5 Å². The minimum Gasteiger partial charge on any atom is -0.463 e. The largest absolute Gasteiger partial charge is 0.463 e. The minimum absolute atomic E-state index is 0.0776. The van der Waals surface area contributed by atoms with E-state index in [1.807, 2.05) is 30.3 Å². The maximum absolute atomic E-state index is 12.8. The van der Waals surface area contributed by atoms with Crippen LogP contribution in [0.5, 0.6) is 0 Å². The summed E-state index contributed by atoms with van der Waals surface area (Å²) >= 11 is 3.38. The molecule has 148 valence electrons. The van der Waals surface area contributed by atoms with Gasteiger partial charge in [0.15, 0.2) is 5.78 Å². The molecule has 3 rings (SSSR count). The third kappa shape index (κ3) is 4.62. The number of nitro groups is 1. The molecule has 0 atom stereocenters. The monoisotopic (exact) mass is 463 g/mol. The lowest BCUT2D eigenvalue weighted by molar-refractivity contribution is -0.384. The number of ether oxygens (including phenoxy) is 1. The summed E-state index contributed by atoms with van der Waals surface area (Å²) in [4.78, 5) is 23.1. The Hall–Kier alpha value is -3.75. The second-order valence-corrected chi connectivity index (χ2v) is 7.36. The summed E-state index contributed by atoms with van der Waals surface area (Å²) in [6, 6.07) is 16.8. The molecule has 30 heavy (non-hydrogen) atoms. The highest BCUT2D eigenvalue weighted by Gasteiger charge is 2.25. The van der Waals surface area contributed by atoms with E-state index >= 15 is 0 Å². The lowest BCUT2D eigenvalue weighted by Gasteiger charge is -2.23. The Morgan fingerprint density at radius 3 is 2.33 bits per heavy atom. The number of benzene rings is 2. The first-order valence-electron chi connectivity index (χ1n) is 8.85. The number of nitrogens with zero attached hydrogens (tertiary/aromatic N) is 3. The zero-order valence-electron chi connectivity index (χ0n) is 15.6. The van der Waals surface area contributed by atoms with Crippen LogP contribution in [-0.4, -0.2) is 10.7 Å². The zero-order valence-corrected chi connectivity index (χ0v) is 17.2. The lowest BCUT2D eigenvalue weighted by Crippen LogP contribution is -2.11. The quantitative estimate of drug-likeness (QED) is 0.319. The molecule has 0 amide bonds. The molecular weight excluding hydrogens is 450 g/mol. The van der Waals surface area contributed by atoms with Gasteiger partial charge < -0.3 is 4.74 Å². The van der Waals surface area contributed by atoms with Crippen LogP contribution >= 0.6 is 15.9 Å². The number of nitro benzene ring substituents is 1. The molecule has 1 aliphatic heterocycles. The van der Waals surface area contributed by atoms with Crippen molar-refractivity contribution in [3.63, 3.8) is 0 Å². The van der Waals surface area contributed by atoms with Gasteiger partial charge in [-0.2, -0.15) is 10.5 Å². The van der Waals surface area contributed by atoms with Gasteiger partial charge in [0.25, 0.3) is 5.69 Å². The van der Waals surface area contributed by atoms with Crippen LogP contribution < -0.4 is 0 Å². The highest BCUT2D eigenvalue weighted by atomic mass is 79.9. The number of nitriles is 2. The molecule has 0 fully saturated rings. The zero-order chi connectivity index (χ0) is 21.7. The van der Waals surface area contributed by atoms with Gasteiger partial charge in [-0.25, -0.2) is 0 Å². The van der Waals surface area contributed by atoms with Crippen molar-refractivity contribution >= 4 is 33.0 Å². The summed E-state index contributed by atoms with van der Waals surface area (Å²) in [6.07, 6.45) is 0.0700. The first kappa shape index (κ1) is 21.0. The average Bonchev–Trinajstić information content (AvgIpc) is 2.75. The number of Topliss-reactive ketones (excluding diaryl/α,β-unsaturated/α-hetero) is 1. The van der Waals surface area contributed by atoms with Crippen LogP contribution in [0.4, 0.5) is 5.69 Å². The van der Waals surface area contributed by atoms with Gasteiger partial charge >= 0.3 is 0 Å². The molecule has 0 aromatic heterocycles. The average molecular weight is 464 g/mol. The van der Waals surface area contributed by atoms with Crippen molar-refractivity contribution in [2.75, 3.05) is 0 Å². The molecule has 2 aromatic rings. The Balaban J connectivity index is 1.96. The summed E-state index contributed by atoms with van der Waals surface area (Å²) in [5.41, 5.74) is 2.04. The van der Waals surface area contributed by atoms with Gasteiger partial charge in [0.1, 0.15) is 11.5 Å². The first-order valence-corrected chi connectivity index (χ1v) is 9.64. The Morgan fingerprint density at radius 2 is 1.77 bits per heavy atom. The Bertz CT molecular complexity index is 1150. The molecule has 0 spiro atoms. The topological polar surface area (TPSA) is 117 Å². The van der Waals surface area contributed by atoms with E-state index in [9.17, 15) is 20.2 Å². The van der Waals surface area contributed by atoms with Crippen molar-refractivity contribution in [2.45, 2.75) is 19.3 Å². The maximum Gasteiger partial charge on any atom is 0.269 e. The van der Waals surface area contributed by atoms with E-state index in [4.69, 9.17) is 10.00 Å². The molecule has 0 radical (unpaired) electrons. The van der Waals surface area contributed by atoms with Crippen LogP contribution in [0, 0.1) is 32.8 Å². The lowest BCUT2D eigenvalue weighted by atomic mass is 9.92. The van der Waals surface area contributed by atoms with Crippen LogP contribution in [0.2, 0.25) is 0 Å². The maximum atomic E-state index is 12.8. The van der Waals surface area contributed by atoms with Gasteiger partial charge in [0.05, 0.1) is 35.5 Å². The molecule has 1 aliphatic rings. The number of halogens is 1. The smallest absolute Gasteiger partial charge is 0.269 e. The number of non-ortho nitro benzene ring substituents is 1. The van der Waals surface area contributed by atoms with Crippen molar-refractivity contribution in [1.82, 2.24) is 0 Å². The van der Waals surface area contributed by atoms with Crippen molar-refractivity contribution in [2.24, 2.45) is 0 Å². The van der Waals surface area contributed by atoms with Gasteiger partial charge in [0, 0.05) is 34.2 Å². The van der Waals surface area contributed by atoms with Gasteiger partial charge in [0.2, 0.25) is 0 Å².